The minimum absolute atomic E-state index is 0.0710. The molecule has 0 bridgehead atoms. The van der Waals surface area contributed by atoms with Gasteiger partial charge < -0.3 is 20.4 Å². The second kappa shape index (κ2) is 10.9. The molecule has 1 unspecified atom stereocenters. The molecule has 0 fully saturated rings. The molecule has 0 amide bonds. The topological polar surface area (TPSA) is 91.4 Å². The third-order valence-electron chi connectivity index (χ3n) is 4.89. The van der Waals surface area contributed by atoms with Gasteiger partial charge in [-0.3, -0.25) is 4.99 Å². The number of aromatic amines is 1. The van der Waals surface area contributed by atoms with E-state index in [1.54, 1.807) is 6.92 Å². The normalized spacial score (nSPS) is 12.7. The lowest BCUT2D eigenvalue weighted by atomic mass is 10.1. The molecule has 1 aromatic carbocycles. The smallest absolute Gasteiger partial charge is 0.350 e. The number of guanidine groups is 1. The summed E-state index contributed by atoms with van der Waals surface area (Å²) in [4.78, 5) is 25.2. The van der Waals surface area contributed by atoms with Crippen LogP contribution in [0.3, 0.4) is 0 Å². The first-order valence-corrected chi connectivity index (χ1v) is 11.6. The van der Waals surface area contributed by atoms with Crippen molar-refractivity contribution in [1.29, 1.82) is 0 Å². The predicted octanol–water partition coefficient (Wildman–Crippen LogP) is 4.36. The number of hydrogen-bond acceptors (Lipinski definition) is 5. The molecule has 166 valence electrons. The van der Waals surface area contributed by atoms with Crippen LogP contribution in [0.25, 0.3) is 10.9 Å². The summed E-state index contributed by atoms with van der Waals surface area (Å²) < 4.78 is 5.12. The highest BCUT2D eigenvalue weighted by Crippen LogP contribution is 2.24. The van der Waals surface area contributed by atoms with Gasteiger partial charge in [0.05, 0.1) is 18.3 Å². The number of carbonyl (C=O) groups is 1. The number of hydrogen-bond donors (Lipinski definition) is 3. The van der Waals surface area contributed by atoms with Crippen molar-refractivity contribution in [3.8, 4) is 0 Å². The van der Waals surface area contributed by atoms with Crippen LogP contribution in [0.15, 0.2) is 35.5 Å². The van der Waals surface area contributed by atoms with Crippen LogP contribution in [0.4, 0.5) is 0 Å². The molecule has 3 rings (SSSR count). The molecule has 2 heterocycles. The highest BCUT2D eigenvalue weighted by atomic mass is 32.1. The van der Waals surface area contributed by atoms with E-state index in [2.05, 4.69) is 45.0 Å². The molecular formula is C23H31N5O2S. The van der Waals surface area contributed by atoms with Gasteiger partial charge >= 0.3 is 5.97 Å². The van der Waals surface area contributed by atoms with E-state index in [-0.39, 0.29) is 12.0 Å². The number of aromatic nitrogens is 2. The van der Waals surface area contributed by atoms with Gasteiger partial charge in [0.2, 0.25) is 0 Å². The highest BCUT2D eigenvalue weighted by Gasteiger charge is 2.20. The van der Waals surface area contributed by atoms with Gasteiger partial charge in [-0.15, -0.1) is 11.3 Å². The predicted molar refractivity (Wildman–Crippen MR) is 127 cm³/mol. The zero-order valence-electron chi connectivity index (χ0n) is 18.6. The van der Waals surface area contributed by atoms with Crippen LogP contribution >= 0.6 is 11.3 Å². The molecule has 31 heavy (non-hydrogen) atoms. The third kappa shape index (κ3) is 5.85. The van der Waals surface area contributed by atoms with Crippen molar-refractivity contribution in [2.75, 3.05) is 19.7 Å². The summed E-state index contributed by atoms with van der Waals surface area (Å²) in [6.45, 7) is 9.54. The van der Waals surface area contributed by atoms with E-state index in [1.807, 2.05) is 26.8 Å². The fraction of sp³-hybridized carbons (Fsp3) is 0.435. The average Bonchev–Trinajstić information content (AvgIpc) is 3.35. The fourth-order valence-electron chi connectivity index (χ4n) is 3.37. The maximum atomic E-state index is 12.1. The first-order chi connectivity index (χ1) is 15.0. The number of ether oxygens (including phenoxy) is 1. The lowest BCUT2D eigenvalue weighted by molar-refractivity contribution is 0.0531. The molecule has 7 nitrogen and oxygen atoms in total. The molecule has 8 heteroatoms. The maximum Gasteiger partial charge on any atom is 0.350 e. The Bertz CT molecular complexity index is 1040. The van der Waals surface area contributed by atoms with Crippen molar-refractivity contribution in [3.05, 3.63) is 51.6 Å². The Balaban J connectivity index is 1.59. The molecule has 0 aliphatic carbocycles. The van der Waals surface area contributed by atoms with Gasteiger partial charge in [-0.05, 0) is 52.2 Å². The Kier molecular flexibility index (Phi) is 8.06. The lowest BCUT2D eigenvalue weighted by Crippen LogP contribution is -2.38. The number of nitrogens with zero attached hydrogens (tertiary/aromatic N) is 2. The fourth-order valence-corrected chi connectivity index (χ4v) is 4.34. The number of rotatable bonds is 9. The van der Waals surface area contributed by atoms with E-state index in [1.165, 1.54) is 27.8 Å². The molecule has 0 saturated carbocycles. The summed E-state index contributed by atoms with van der Waals surface area (Å²) >= 11 is 1.37. The monoisotopic (exact) mass is 441 g/mol. The Morgan fingerprint density at radius 1 is 1.32 bits per heavy atom. The number of aryl methyl sites for hydroxylation is 2. The van der Waals surface area contributed by atoms with E-state index >= 15 is 0 Å². The molecule has 3 aromatic rings. The van der Waals surface area contributed by atoms with E-state index in [9.17, 15) is 4.79 Å². The molecule has 0 aliphatic heterocycles. The maximum absolute atomic E-state index is 12.1. The van der Waals surface area contributed by atoms with Crippen LogP contribution in [0, 0.1) is 6.92 Å². The van der Waals surface area contributed by atoms with Crippen molar-refractivity contribution in [2.24, 2.45) is 4.99 Å². The summed E-state index contributed by atoms with van der Waals surface area (Å²) in [6, 6.07) is 8.29. The molecule has 0 aliphatic rings. The SMILES string of the molecule is CCNC(=NCCCc1c[nH]c2ccccc12)NC(C)c1nc(C)c(C(=O)OCC)s1. The number of benzene rings is 1. The number of fused-ring (bicyclic) bond motifs is 1. The third-order valence-corrected chi connectivity index (χ3v) is 6.21. The van der Waals surface area contributed by atoms with Gasteiger partial charge in [-0.1, -0.05) is 18.2 Å². The first kappa shape index (κ1) is 22.8. The Morgan fingerprint density at radius 2 is 2.13 bits per heavy atom. The Morgan fingerprint density at radius 3 is 2.90 bits per heavy atom. The highest BCUT2D eigenvalue weighted by molar-refractivity contribution is 7.13. The van der Waals surface area contributed by atoms with E-state index in [4.69, 9.17) is 9.73 Å². The van der Waals surface area contributed by atoms with Gasteiger partial charge in [-0.25, -0.2) is 9.78 Å². The van der Waals surface area contributed by atoms with Crippen LogP contribution in [-0.4, -0.2) is 41.6 Å². The number of H-pyrrole nitrogens is 1. The first-order valence-electron chi connectivity index (χ1n) is 10.8. The lowest BCUT2D eigenvalue weighted by Gasteiger charge is -2.16. The minimum Gasteiger partial charge on any atom is -0.462 e. The van der Waals surface area contributed by atoms with Gasteiger partial charge in [0.1, 0.15) is 9.88 Å². The molecular weight excluding hydrogens is 410 g/mol. The zero-order valence-corrected chi connectivity index (χ0v) is 19.4. The molecule has 0 spiro atoms. The van der Waals surface area contributed by atoms with Crippen molar-refractivity contribution in [2.45, 2.75) is 46.6 Å². The van der Waals surface area contributed by atoms with Crippen LogP contribution in [0.2, 0.25) is 0 Å². The summed E-state index contributed by atoms with van der Waals surface area (Å²) in [5.41, 5.74) is 3.19. The van der Waals surface area contributed by atoms with Gasteiger partial charge in [0.15, 0.2) is 5.96 Å². The van der Waals surface area contributed by atoms with Gasteiger partial charge in [0, 0.05) is 30.2 Å². The molecule has 3 N–H and O–H groups in total. The van der Waals surface area contributed by atoms with Crippen LogP contribution in [0.1, 0.15) is 59.2 Å². The van der Waals surface area contributed by atoms with Gasteiger partial charge in [0.25, 0.3) is 0 Å². The minimum atomic E-state index is -0.311. The second-order valence-electron chi connectivity index (χ2n) is 7.28. The second-order valence-corrected chi connectivity index (χ2v) is 8.31. The van der Waals surface area contributed by atoms with E-state index < -0.39 is 0 Å². The molecule has 2 aromatic heterocycles. The number of nitrogens with one attached hydrogen (secondary N) is 3. The molecule has 0 saturated heterocycles. The van der Waals surface area contributed by atoms with Crippen molar-refractivity contribution in [3.63, 3.8) is 0 Å². The van der Waals surface area contributed by atoms with Crippen molar-refractivity contribution < 1.29 is 9.53 Å². The average molecular weight is 442 g/mol. The standard InChI is InChI=1S/C23H31N5O2S/c1-5-24-23(25-13-9-10-17-14-26-19-12-8-7-11-18(17)19)28-16(4)21-27-15(3)20(31-21)22(29)30-6-2/h7-8,11-12,14,16,26H,5-6,9-10,13H2,1-4H3,(H2,24,25,28). The summed E-state index contributed by atoms with van der Waals surface area (Å²) in [6.07, 6.45) is 4.01. The van der Waals surface area contributed by atoms with Gasteiger partial charge in [-0.2, -0.15) is 0 Å². The molecule has 0 radical (unpaired) electrons. The number of thiazole rings is 1. The number of aliphatic imine (C=N–C) groups is 1. The van der Waals surface area contributed by atoms with E-state index in [0.29, 0.717) is 23.7 Å². The number of carbonyl (C=O) groups excluding carboxylic acids is 1. The Hall–Kier alpha value is -2.87. The summed E-state index contributed by atoms with van der Waals surface area (Å²) in [5.74, 6) is 0.438. The van der Waals surface area contributed by atoms with Crippen molar-refractivity contribution in [1.82, 2.24) is 20.6 Å². The number of esters is 1. The largest absolute Gasteiger partial charge is 0.462 e. The summed E-state index contributed by atoms with van der Waals surface area (Å²) in [7, 11) is 0. The molecule has 1 atom stereocenters. The Labute approximate surface area is 187 Å². The van der Waals surface area contributed by atoms with Crippen LogP contribution < -0.4 is 10.6 Å². The van der Waals surface area contributed by atoms with Crippen LogP contribution in [-0.2, 0) is 11.2 Å². The van der Waals surface area contributed by atoms with Crippen molar-refractivity contribution >= 4 is 34.2 Å². The zero-order chi connectivity index (χ0) is 22.2. The number of para-hydroxylation sites is 1. The quantitative estimate of drug-likeness (QED) is 0.199. The van der Waals surface area contributed by atoms with Crippen LogP contribution in [0.5, 0.6) is 0 Å². The summed E-state index contributed by atoms with van der Waals surface area (Å²) in [5, 5.41) is 8.80. The van der Waals surface area contributed by atoms with E-state index in [0.717, 1.165) is 30.4 Å².